The second-order valence-corrected chi connectivity index (χ2v) is 10.2. The minimum atomic E-state index is -0.505. The Bertz CT molecular complexity index is 1220. The molecule has 5 rings (SSSR count). The molecule has 190 valence electrons. The fourth-order valence-electron chi connectivity index (χ4n) is 6.17. The van der Waals surface area contributed by atoms with Crippen LogP contribution in [0.1, 0.15) is 63.1 Å². The number of hydrogen-bond acceptors (Lipinski definition) is 5. The highest BCUT2D eigenvalue weighted by atomic mass is 16.2. The van der Waals surface area contributed by atoms with Crippen molar-refractivity contribution in [1.29, 1.82) is 0 Å². The molecule has 36 heavy (non-hydrogen) atoms. The summed E-state index contributed by atoms with van der Waals surface area (Å²) < 4.78 is 2.07. The van der Waals surface area contributed by atoms with Crippen molar-refractivity contribution >= 4 is 22.7 Å². The van der Waals surface area contributed by atoms with Gasteiger partial charge in [0.2, 0.25) is 11.8 Å². The number of likely N-dealkylation sites (tertiary alicyclic amines) is 1. The average Bonchev–Trinajstić information content (AvgIpc) is 3.57. The molecule has 2 aromatic heterocycles. The first-order chi connectivity index (χ1) is 17.6. The average molecular weight is 489 g/mol. The third kappa shape index (κ3) is 4.87. The molecule has 3 aromatic rings. The molecule has 2 aliphatic rings. The Hall–Kier alpha value is -3.26. The van der Waals surface area contributed by atoms with E-state index in [1.54, 1.807) is 13.4 Å². The number of amides is 2. The maximum Gasteiger partial charge on any atom is 0.234 e. The van der Waals surface area contributed by atoms with Crippen molar-refractivity contribution in [2.75, 3.05) is 13.6 Å². The van der Waals surface area contributed by atoms with Gasteiger partial charge in [-0.1, -0.05) is 37.5 Å². The van der Waals surface area contributed by atoms with Crippen LogP contribution in [0.25, 0.3) is 16.7 Å². The number of primary amides is 1. The highest BCUT2D eigenvalue weighted by Gasteiger charge is 2.40. The summed E-state index contributed by atoms with van der Waals surface area (Å²) in [5.74, 6) is 0.606. The van der Waals surface area contributed by atoms with Gasteiger partial charge in [-0.15, -0.1) is 0 Å². The number of carbonyl (C=O) groups is 2. The van der Waals surface area contributed by atoms with Gasteiger partial charge in [0.15, 0.2) is 0 Å². The van der Waals surface area contributed by atoms with Gasteiger partial charge in [0.05, 0.1) is 23.3 Å². The summed E-state index contributed by atoms with van der Waals surface area (Å²) in [7, 11) is 1.74. The molecule has 3 unspecified atom stereocenters. The Labute approximate surface area is 212 Å². The van der Waals surface area contributed by atoms with Crippen LogP contribution < -0.4 is 11.1 Å². The summed E-state index contributed by atoms with van der Waals surface area (Å²) >= 11 is 0. The van der Waals surface area contributed by atoms with Crippen LogP contribution in [0.2, 0.25) is 0 Å². The predicted octanol–water partition coefficient (Wildman–Crippen LogP) is 3.74. The number of rotatable bonds is 8. The molecule has 3 heterocycles. The first kappa shape index (κ1) is 24.4. The van der Waals surface area contributed by atoms with E-state index >= 15 is 0 Å². The molecule has 2 amide bonds. The van der Waals surface area contributed by atoms with Gasteiger partial charge in [-0.2, -0.15) is 0 Å². The van der Waals surface area contributed by atoms with Crippen LogP contribution in [-0.2, 0) is 9.59 Å². The second-order valence-electron chi connectivity index (χ2n) is 10.2. The lowest BCUT2D eigenvalue weighted by molar-refractivity contribution is -0.139. The van der Waals surface area contributed by atoms with Crippen LogP contribution in [0.3, 0.4) is 0 Å². The molecule has 0 bridgehead atoms. The van der Waals surface area contributed by atoms with E-state index < -0.39 is 11.9 Å². The number of aromatic nitrogens is 3. The molecular weight excluding hydrogens is 452 g/mol. The Morgan fingerprint density at radius 2 is 1.89 bits per heavy atom. The quantitative estimate of drug-likeness (QED) is 0.502. The summed E-state index contributed by atoms with van der Waals surface area (Å²) in [5, 5.41) is 4.18. The SMILES string of the molecule is CNC(CC(C(=O)N1CCCC1c1cc(-n2ccc3ccccc32)ncn1)C1CCCCC1)C(N)=O. The molecule has 1 saturated carbocycles. The second kappa shape index (κ2) is 10.8. The van der Waals surface area contributed by atoms with Crippen LogP contribution in [-0.4, -0.2) is 50.9 Å². The predicted molar refractivity (Wildman–Crippen MR) is 139 cm³/mol. The van der Waals surface area contributed by atoms with E-state index in [9.17, 15) is 9.59 Å². The molecule has 8 heteroatoms. The van der Waals surface area contributed by atoms with E-state index in [1.807, 2.05) is 29.3 Å². The van der Waals surface area contributed by atoms with Gasteiger partial charge in [0, 0.05) is 24.7 Å². The Kier molecular flexibility index (Phi) is 7.32. The highest BCUT2D eigenvalue weighted by molar-refractivity contribution is 5.84. The van der Waals surface area contributed by atoms with Crippen molar-refractivity contribution in [2.24, 2.45) is 17.6 Å². The molecular formula is C28H36N6O2. The van der Waals surface area contributed by atoms with Gasteiger partial charge in [-0.25, -0.2) is 9.97 Å². The summed E-state index contributed by atoms with van der Waals surface area (Å²) in [6, 6.07) is 11.7. The van der Waals surface area contributed by atoms with E-state index in [0.717, 1.165) is 60.9 Å². The minimum Gasteiger partial charge on any atom is -0.368 e. The van der Waals surface area contributed by atoms with Crippen molar-refractivity contribution in [3.8, 4) is 5.82 Å². The monoisotopic (exact) mass is 488 g/mol. The number of hydrogen-bond donors (Lipinski definition) is 2. The number of likely N-dealkylation sites (N-methyl/N-ethyl adjacent to an activating group) is 1. The fraction of sp³-hybridized carbons (Fsp3) is 0.500. The minimum absolute atomic E-state index is 0.0891. The lowest BCUT2D eigenvalue weighted by Crippen LogP contribution is -2.46. The first-order valence-electron chi connectivity index (χ1n) is 13.2. The number of nitrogens with one attached hydrogen (secondary N) is 1. The van der Waals surface area contributed by atoms with Gasteiger partial charge in [0.1, 0.15) is 12.1 Å². The molecule has 1 aromatic carbocycles. The Morgan fingerprint density at radius 1 is 1.08 bits per heavy atom. The van der Waals surface area contributed by atoms with Crippen LogP contribution in [0, 0.1) is 11.8 Å². The van der Waals surface area contributed by atoms with Crippen LogP contribution >= 0.6 is 0 Å². The van der Waals surface area contributed by atoms with Crippen molar-refractivity contribution in [3.05, 3.63) is 54.6 Å². The number of nitrogens with zero attached hydrogens (tertiary/aromatic N) is 4. The smallest absolute Gasteiger partial charge is 0.234 e. The summed E-state index contributed by atoms with van der Waals surface area (Å²) in [6.45, 7) is 0.708. The largest absolute Gasteiger partial charge is 0.368 e. The van der Waals surface area contributed by atoms with Crippen molar-refractivity contribution in [3.63, 3.8) is 0 Å². The van der Waals surface area contributed by atoms with E-state index in [2.05, 4.69) is 38.1 Å². The Morgan fingerprint density at radius 3 is 2.67 bits per heavy atom. The number of fused-ring (bicyclic) bond motifs is 1. The van der Waals surface area contributed by atoms with Crippen LogP contribution in [0.4, 0.5) is 0 Å². The van der Waals surface area contributed by atoms with E-state index in [0.29, 0.717) is 13.0 Å². The summed E-state index contributed by atoms with van der Waals surface area (Å²) in [5.41, 5.74) is 7.61. The molecule has 0 spiro atoms. The normalized spacial score (nSPS) is 20.5. The zero-order valence-electron chi connectivity index (χ0n) is 21.0. The van der Waals surface area contributed by atoms with Crippen molar-refractivity contribution in [2.45, 2.75) is 63.5 Å². The topological polar surface area (TPSA) is 106 Å². The van der Waals surface area contributed by atoms with Crippen LogP contribution in [0.5, 0.6) is 0 Å². The van der Waals surface area contributed by atoms with E-state index in [-0.39, 0.29) is 23.8 Å². The lowest BCUT2D eigenvalue weighted by atomic mass is 9.76. The lowest BCUT2D eigenvalue weighted by Gasteiger charge is -2.35. The molecule has 1 aliphatic carbocycles. The van der Waals surface area contributed by atoms with Crippen LogP contribution in [0.15, 0.2) is 48.9 Å². The zero-order chi connectivity index (χ0) is 25.1. The Balaban J connectivity index is 1.42. The van der Waals surface area contributed by atoms with Gasteiger partial charge in [0.25, 0.3) is 0 Å². The molecule has 3 N–H and O–H groups in total. The van der Waals surface area contributed by atoms with Gasteiger partial charge in [-0.3, -0.25) is 9.59 Å². The summed E-state index contributed by atoms with van der Waals surface area (Å²) in [6.07, 6.45) is 11.4. The fourth-order valence-corrected chi connectivity index (χ4v) is 6.17. The van der Waals surface area contributed by atoms with Gasteiger partial charge < -0.3 is 20.5 Å². The standard InChI is InChI=1S/C28H36N6O2/c1-30-23(27(29)35)16-21(19-8-3-2-4-9-19)28(36)34-14-7-12-25(34)22-17-26(32-18-31-22)33-15-13-20-10-5-6-11-24(20)33/h5-6,10-11,13,15,17-19,21,23,25,30H,2-4,7-9,12,14,16H2,1H3,(H2,29,35). The zero-order valence-corrected chi connectivity index (χ0v) is 21.0. The highest BCUT2D eigenvalue weighted by Crippen LogP contribution is 2.38. The number of para-hydroxylation sites is 1. The van der Waals surface area contributed by atoms with E-state index in [1.165, 1.54) is 6.42 Å². The summed E-state index contributed by atoms with van der Waals surface area (Å²) in [4.78, 5) is 37.3. The maximum atomic E-state index is 14.1. The van der Waals surface area contributed by atoms with Crippen molar-refractivity contribution < 1.29 is 9.59 Å². The number of carbonyl (C=O) groups excluding carboxylic acids is 2. The molecule has 2 fully saturated rings. The maximum absolute atomic E-state index is 14.1. The molecule has 3 atom stereocenters. The molecule has 1 saturated heterocycles. The third-order valence-electron chi connectivity index (χ3n) is 8.11. The number of benzene rings is 1. The van der Waals surface area contributed by atoms with Crippen molar-refractivity contribution in [1.82, 2.24) is 24.8 Å². The molecule has 8 nitrogen and oxygen atoms in total. The van der Waals surface area contributed by atoms with Gasteiger partial charge in [-0.05, 0) is 62.6 Å². The third-order valence-corrected chi connectivity index (χ3v) is 8.11. The van der Waals surface area contributed by atoms with Gasteiger partial charge >= 0.3 is 0 Å². The van der Waals surface area contributed by atoms with E-state index in [4.69, 9.17) is 5.73 Å². The molecule has 1 aliphatic heterocycles. The number of nitrogens with two attached hydrogens (primary N) is 1. The first-order valence-corrected chi connectivity index (χ1v) is 13.2. The molecule has 0 radical (unpaired) electrons.